The molecule has 1 N–H and O–H groups in total. The summed E-state index contributed by atoms with van der Waals surface area (Å²) in [5.74, 6) is 0.0317. The second-order valence-electron chi connectivity index (χ2n) is 4.76. The van der Waals surface area contributed by atoms with Crippen LogP contribution in [0.15, 0.2) is 30.6 Å². The Balaban J connectivity index is 1.50. The van der Waals surface area contributed by atoms with Crippen LogP contribution in [0.2, 0.25) is 0 Å². The summed E-state index contributed by atoms with van der Waals surface area (Å²) in [5, 5.41) is 15.8. The summed E-state index contributed by atoms with van der Waals surface area (Å²) >= 11 is 1.46. The molecule has 6 nitrogen and oxygen atoms in total. The lowest BCUT2D eigenvalue weighted by atomic mass is 10.1. The molecular weight excluding hydrogens is 286 g/mol. The Morgan fingerprint density at radius 3 is 3.05 bits per heavy atom. The lowest BCUT2D eigenvalue weighted by molar-refractivity contribution is -0.121. The number of carbonyl (C=O) groups is 1. The van der Waals surface area contributed by atoms with Crippen molar-refractivity contribution in [2.24, 2.45) is 0 Å². The Morgan fingerprint density at radius 1 is 1.38 bits per heavy atom. The fourth-order valence-electron chi connectivity index (χ4n) is 2.01. The van der Waals surface area contributed by atoms with Gasteiger partial charge in [0.05, 0.1) is 0 Å². The molecule has 0 atom stereocenters. The van der Waals surface area contributed by atoms with E-state index >= 15 is 0 Å². The maximum absolute atomic E-state index is 11.9. The molecule has 0 unspecified atom stereocenters. The van der Waals surface area contributed by atoms with Gasteiger partial charge in [-0.1, -0.05) is 35.6 Å². The summed E-state index contributed by atoms with van der Waals surface area (Å²) in [6.45, 7) is 2.61. The monoisotopic (exact) mass is 301 g/mol. The van der Waals surface area contributed by atoms with Gasteiger partial charge in [-0.25, -0.2) is 0 Å². The molecule has 0 saturated carbocycles. The molecule has 0 aliphatic carbocycles. The van der Waals surface area contributed by atoms with Crippen LogP contribution in [0.1, 0.15) is 22.6 Å². The molecule has 2 heterocycles. The first-order valence-electron chi connectivity index (χ1n) is 6.69. The van der Waals surface area contributed by atoms with E-state index < -0.39 is 0 Å². The highest BCUT2D eigenvalue weighted by molar-refractivity contribution is 7.16. The van der Waals surface area contributed by atoms with E-state index in [1.54, 1.807) is 10.8 Å². The number of nitrogens with zero attached hydrogens (tertiary/aromatic N) is 4. The van der Waals surface area contributed by atoms with E-state index in [4.69, 9.17) is 0 Å². The van der Waals surface area contributed by atoms with Crippen molar-refractivity contribution in [3.63, 3.8) is 0 Å². The summed E-state index contributed by atoms with van der Waals surface area (Å²) in [4.78, 5) is 12.6. The average molecular weight is 301 g/mol. The quantitative estimate of drug-likeness (QED) is 0.779. The molecule has 3 rings (SSSR count). The maximum atomic E-state index is 11.9. The summed E-state index contributed by atoms with van der Waals surface area (Å²) < 4.78 is 1.63. The van der Waals surface area contributed by atoms with Crippen LogP contribution in [-0.2, 0) is 17.8 Å². The van der Waals surface area contributed by atoms with Gasteiger partial charge in [0.1, 0.15) is 11.3 Å². The Bertz CT molecular complexity index is 735. The largest absolute Gasteiger partial charge is 0.352 e. The Morgan fingerprint density at radius 2 is 2.24 bits per heavy atom. The molecule has 0 saturated heterocycles. The first-order chi connectivity index (χ1) is 10.2. The van der Waals surface area contributed by atoms with Crippen molar-refractivity contribution in [2.75, 3.05) is 0 Å². The molecule has 0 bridgehead atoms. The summed E-state index contributed by atoms with van der Waals surface area (Å²) in [5.41, 5.74) is 2.33. The molecule has 0 radical (unpaired) electrons. The smallest absolute Gasteiger partial charge is 0.234 e. The third-order valence-corrected chi connectivity index (χ3v) is 4.20. The maximum Gasteiger partial charge on any atom is 0.234 e. The van der Waals surface area contributed by atoms with E-state index in [-0.39, 0.29) is 5.91 Å². The van der Waals surface area contributed by atoms with Gasteiger partial charge in [0.2, 0.25) is 10.9 Å². The number of rotatable bonds is 5. The minimum Gasteiger partial charge on any atom is -0.352 e. The van der Waals surface area contributed by atoms with Gasteiger partial charge in [-0.2, -0.15) is 9.61 Å². The molecule has 0 aliphatic heterocycles. The lowest BCUT2D eigenvalue weighted by Gasteiger charge is -2.07. The SMILES string of the molecule is Cc1ccccc1CNC(=O)CCc1nn2cnnc2s1. The number of carbonyl (C=O) groups excluding carboxylic acids is 1. The van der Waals surface area contributed by atoms with Crippen molar-refractivity contribution in [3.05, 3.63) is 46.7 Å². The number of aryl methyl sites for hydroxylation is 2. The minimum atomic E-state index is 0.0317. The van der Waals surface area contributed by atoms with E-state index in [0.717, 1.165) is 15.5 Å². The molecule has 0 aliphatic rings. The molecule has 0 spiro atoms. The number of hydrogen-bond donors (Lipinski definition) is 1. The zero-order chi connectivity index (χ0) is 14.7. The van der Waals surface area contributed by atoms with Crippen molar-refractivity contribution >= 4 is 22.2 Å². The van der Waals surface area contributed by atoms with Gasteiger partial charge in [0, 0.05) is 19.4 Å². The molecule has 3 aromatic rings. The normalized spacial score (nSPS) is 10.9. The predicted octanol–water partition coefficient (Wildman–Crippen LogP) is 1.74. The number of amides is 1. The zero-order valence-corrected chi connectivity index (χ0v) is 12.4. The first-order valence-corrected chi connectivity index (χ1v) is 7.51. The molecule has 1 amide bonds. The van der Waals surface area contributed by atoms with Crippen LogP contribution >= 0.6 is 11.3 Å². The van der Waals surface area contributed by atoms with Crippen molar-refractivity contribution in [1.29, 1.82) is 0 Å². The highest BCUT2D eigenvalue weighted by Gasteiger charge is 2.08. The standard InChI is InChI=1S/C14H15N5OS/c1-10-4-2-3-5-11(10)8-15-12(20)6-7-13-18-19-9-16-17-14(19)21-13/h2-5,9H,6-8H2,1H3,(H,15,20). The third kappa shape index (κ3) is 3.25. The summed E-state index contributed by atoms with van der Waals surface area (Å²) in [7, 11) is 0. The predicted molar refractivity (Wildman–Crippen MR) is 80.0 cm³/mol. The number of fused-ring (bicyclic) bond motifs is 1. The van der Waals surface area contributed by atoms with Gasteiger partial charge >= 0.3 is 0 Å². The van der Waals surface area contributed by atoms with Crippen LogP contribution in [0.3, 0.4) is 0 Å². The van der Waals surface area contributed by atoms with E-state index in [1.165, 1.54) is 16.9 Å². The number of aromatic nitrogens is 4. The number of hydrogen-bond acceptors (Lipinski definition) is 5. The third-order valence-electron chi connectivity index (χ3n) is 3.23. The highest BCUT2D eigenvalue weighted by atomic mass is 32.1. The van der Waals surface area contributed by atoms with Gasteiger partial charge in [0.15, 0.2) is 0 Å². The van der Waals surface area contributed by atoms with Crippen molar-refractivity contribution in [2.45, 2.75) is 26.3 Å². The first kappa shape index (κ1) is 13.7. The molecule has 7 heteroatoms. The molecule has 2 aromatic heterocycles. The van der Waals surface area contributed by atoms with Crippen molar-refractivity contribution < 1.29 is 4.79 Å². The van der Waals surface area contributed by atoms with E-state index in [9.17, 15) is 4.79 Å². The second-order valence-corrected chi connectivity index (χ2v) is 5.80. The van der Waals surface area contributed by atoms with Crippen LogP contribution in [0, 0.1) is 6.92 Å². The zero-order valence-electron chi connectivity index (χ0n) is 11.6. The van der Waals surface area contributed by atoms with Crippen LogP contribution < -0.4 is 5.32 Å². The summed E-state index contributed by atoms with van der Waals surface area (Å²) in [6, 6.07) is 8.04. The molecule has 108 valence electrons. The minimum absolute atomic E-state index is 0.0317. The van der Waals surface area contributed by atoms with Crippen LogP contribution in [0.25, 0.3) is 4.96 Å². The fraction of sp³-hybridized carbons (Fsp3) is 0.286. The number of nitrogens with one attached hydrogen (secondary N) is 1. The Kier molecular flexibility index (Phi) is 3.92. The Labute approximate surface area is 125 Å². The van der Waals surface area contributed by atoms with Crippen LogP contribution in [-0.4, -0.2) is 25.7 Å². The molecular formula is C14H15N5OS. The van der Waals surface area contributed by atoms with Gasteiger partial charge in [-0.05, 0) is 18.1 Å². The molecule has 21 heavy (non-hydrogen) atoms. The van der Waals surface area contributed by atoms with Crippen molar-refractivity contribution in [1.82, 2.24) is 25.1 Å². The van der Waals surface area contributed by atoms with Gasteiger partial charge in [0.25, 0.3) is 0 Å². The highest BCUT2D eigenvalue weighted by Crippen LogP contribution is 2.13. The van der Waals surface area contributed by atoms with Crippen molar-refractivity contribution in [3.8, 4) is 0 Å². The second kappa shape index (κ2) is 6.01. The van der Waals surface area contributed by atoms with Crippen LogP contribution in [0.4, 0.5) is 0 Å². The van der Waals surface area contributed by atoms with Gasteiger partial charge in [-0.3, -0.25) is 4.79 Å². The Hall–Kier alpha value is -2.28. The topological polar surface area (TPSA) is 72.2 Å². The number of benzene rings is 1. The fourth-order valence-corrected chi connectivity index (χ4v) is 2.83. The molecule has 0 fully saturated rings. The van der Waals surface area contributed by atoms with E-state index in [0.29, 0.717) is 19.4 Å². The van der Waals surface area contributed by atoms with E-state index in [2.05, 4.69) is 20.6 Å². The van der Waals surface area contributed by atoms with Gasteiger partial charge in [-0.15, -0.1) is 10.2 Å². The van der Waals surface area contributed by atoms with Gasteiger partial charge < -0.3 is 5.32 Å². The van der Waals surface area contributed by atoms with E-state index in [1.807, 2.05) is 31.2 Å². The average Bonchev–Trinajstić information content (AvgIpc) is 3.05. The summed E-state index contributed by atoms with van der Waals surface area (Å²) in [6.07, 6.45) is 2.61. The lowest BCUT2D eigenvalue weighted by Crippen LogP contribution is -2.23. The molecule has 1 aromatic carbocycles. The van der Waals surface area contributed by atoms with Crippen LogP contribution in [0.5, 0.6) is 0 Å².